The quantitative estimate of drug-likeness (QED) is 0.0516. The molecule has 1 unspecified atom stereocenters. The number of Topliss-reactive ketones (excluding diaryl/α,β-unsaturated/α-hetero) is 1. The van der Waals surface area contributed by atoms with Crippen LogP contribution in [0.5, 0.6) is 5.88 Å². The van der Waals surface area contributed by atoms with Gasteiger partial charge in [-0.3, -0.25) is 29.0 Å². The molecule has 4 N–H and O–H groups in total. The minimum atomic E-state index is -0.752. The second-order valence-electron chi connectivity index (χ2n) is 22.7. The normalized spacial score (nSPS) is 19.4. The molecule has 4 amide bonds. The lowest BCUT2D eigenvalue weighted by Gasteiger charge is -2.38. The molecule has 21 nitrogen and oxygen atoms in total. The first-order chi connectivity index (χ1) is 42.1. The molecule has 3 fully saturated rings. The number of anilines is 2. The van der Waals surface area contributed by atoms with Crippen LogP contribution < -0.4 is 26.0 Å². The summed E-state index contributed by atoms with van der Waals surface area (Å²) < 4.78 is 58.7. The summed E-state index contributed by atoms with van der Waals surface area (Å²) in [5.41, 5.74) is 11.8. The predicted octanol–water partition coefficient (Wildman–Crippen LogP) is 6.49. The van der Waals surface area contributed by atoms with Crippen LogP contribution in [-0.4, -0.2) is 194 Å². The summed E-state index contributed by atoms with van der Waals surface area (Å²) in [6.07, 6.45) is 7.16. The number of thioether (sulfide) groups is 1. The zero-order chi connectivity index (χ0) is 61.6. The van der Waals surface area contributed by atoms with Gasteiger partial charge in [-0.05, 0) is 118 Å². The zero-order valence-corrected chi connectivity index (χ0v) is 51.3. The van der Waals surface area contributed by atoms with E-state index in [1.807, 2.05) is 11.0 Å². The van der Waals surface area contributed by atoms with Crippen LogP contribution in [0.3, 0.4) is 0 Å². The number of methoxy groups -OCH3 is 1. The highest BCUT2D eigenvalue weighted by molar-refractivity contribution is 8.14. The molecule has 5 aliphatic heterocycles. The molecule has 0 spiro atoms. The van der Waals surface area contributed by atoms with E-state index in [0.717, 1.165) is 41.9 Å². The van der Waals surface area contributed by atoms with Gasteiger partial charge >= 0.3 is 0 Å². The summed E-state index contributed by atoms with van der Waals surface area (Å²) in [6.45, 7) is 11.2. The lowest BCUT2D eigenvalue weighted by Crippen LogP contribution is -2.58. The number of aliphatic imine (C=N–C) groups is 1. The first kappa shape index (κ1) is 64.6. The summed E-state index contributed by atoms with van der Waals surface area (Å²) in [5.74, 6) is -0.0422. The van der Waals surface area contributed by atoms with Crippen LogP contribution in [0.15, 0.2) is 66.3 Å². The molecule has 87 heavy (non-hydrogen) atoms. The van der Waals surface area contributed by atoms with Gasteiger partial charge in [0.25, 0.3) is 5.91 Å². The van der Waals surface area contributed by atoms with Crippen LogP contribution in [-0.2, 0) is 51.2 Å². The number of hydrogen-bond donors (Lipinski definition) is 3. The lowest BCUT2D eigenvalue weighted by molar-refractivity contribution is -0.140. The van der Waals surface area contributed by atoms with Crippen molar-refractivity contribution in [3.63, 3.8) is 0 Å². The average molecular weight is 1220 g/mol. The number of carbonyl (C=O) groups is 5. The molecular formula is C63H83F2N11O10S. The molecular weight excluding hydrogens is 1140 g/mol. The van der Waals surface area contributed by atoms with E-state index in [4.69, 9.17) is 39.5 Å². The second kappa shape index (κ2) is 30.9. The number of hydrogen-bond acceptors (Lipinski definition) is 17. The zero-order valence-electron chi connectivity index (χ0n) is 50.4. The first-order valence-electron chi connectivity index (χ1n) is 30.4. The SMILES string of the molecule is C=C(c1ccc(F)cc1)C1CSC([C@H]2CCCN2C(=O)[C@H](NC(=O)[C@@H](C)NC)C2CCN(C(=O)CCOCCOCCOCCOCCC(=O)CCCn3nc4c(c3OC)-c3cnc(N)c(c3)N3CCC[C@@H]3c3cc(F)ccc3C(=O)N(C)C4)CC2)=N1. The van der Waals surface area contributed by atoms with E-state index in [1.54, 1.807) is 78.8 Å². The van der Waals surface area contributed by atoms with Gasteiger partial charge in [-0.15, -0.1) is 11.8 Å². The smallest absolute Gasteiger partial charge is 0.254 e. The van der Waals surface area contributed by atoms with Crippen molar-refractivity contribution in [3.05, 3.63) is 95.3 Å². The van der Waals surface area contributed by atoms with Crippen molar-refractivity contribution in [2.45, 2.75) is 114 Å². The fourth-order valence-electron chi connectivity index (χ4n) is 12.1. The van der Waals surface area contributed by atoms with Crippen molar-refractivity contribution in [1.29, 1.82) is 0 Å². The molecule has 2 aromatic carbocycles. The molecule has 24 heteroatoms. The number of aromatic nitrogens is 3. The van der Waals surface area contributed by atoms with Gasteiger partial charge in [0, 0.05) is 75.7 Å². The van der Waals surface area contributed by atoms with Crippen LogP contribution in [0.1, 0.15) is 104 Å². The number of rotatable bonds is 28. The molecule has 9 rings (SSSR count). The van der Waals surface area contributed by atoms with E-state index in [-0.39, 0.29) is 91.9 Å². The van der Waals surface area contributed by atoms with E-state index in [9.17, 15) is 32.8 Å². The van der Waals surface area contributed by atoms with Crippen molar-refractivity contribution in [3.8, 4) is 17.0 Å². The molecule has 7 heterocycles. The largest absolute Gasteiger partial charge is 0.481 e. The van der Waals surface area contributed by atoms with Crippen molar-refractivity contribution < 1.29 is 56.4 Å². The van der Waals surface area contributed by atoms with Crippen LogP contribution >= 0.6 is 11.8 Å². The molecule has 5 atom stereocenters. The highest BCUT2D eigenvalue weighted by Gasteiger charge is 2.43. The molecule has 0 aliphatic carbocycles. The number of nitrogens with zero attached hydrogens (tertiary/aromatic N) is 8. The van der Waals surface area contributed by atoms with Gasteiger partial charge < -0.3 is 59.7 Å². The third-order valence-electron chi connectivity index (χ3n) is 17.0. The van der Waals surface area contributed by atoms with Gasteiger partial charge in [0.1, 0.15) is 29.3 Å². The summed E-state index contributed by atoms with van der Waals surface area (Å²) in [4.78, 5) is 85.0. The Kier molecular flexibility index (Phi) is 22.9. The maximum atomic E-state index is 14.7. The lowest BCUT2D eigenvalue weighted by atomic mass is 9.88. The van der Waals surface area contributed by atoms with Crippen LogP contribution in [0, 0.1) is 17.6 Å². The van der Waals surface area contributed by atoms with Gasteiger partial charge in [0.05, 0.1) is 119 Å². The van der Waals surface area contributed by atoms with E-state index >= 15 is 0 Å². The number of halogens is 2. The van der Waals surface area contributed by atoms with Crippen LogP contribution in [0.2, 0.25) is 0 Å². The number of ether oxygens (including phenoxy) is 5. The molecule has 3 saturated heterocycles. The third-order valence-corrected chi connectivity index (χ3v) is 18.2. The van der Waals surface area contributed by atoms with Crippen molar-refractivity contribution in [2.24, 2.45) is 10.9 Å². The van der Waals surface area contributed by atoms with Gasteiger partial charge in [0.2, 0.25) is 23.6 Å². The molecule has 2 bridgehead atoms. The Labute approximate surface area is 512 Å². The third kappa shape index (κ3) is 16.1. The maximum absolute atomic E-state index is 14.7. The number of likely N-dealkylation sites (tertiary alicyclic amines) is 2. The number of carbonyl (C=O) groups excluding carboxylic acids is 5. The Balaban J connectivity index is 0.633. The summed E-state index contributed by atoms with van der Waals surface area (Å²) >= 11 is 1.62. The number of nitrogens with two attached hydrogens (primary N) is 1. The van der Waals surface area contributed by atoms with E-state index in [0.29, 0.717) is 149 Å². The first-order valence-corrected chi connectivity index (χ1v) is 31.4. The number of likely N-dealkylation sites (N-methyl/N-ethyl adjacent to an activating group) is 1. The van der Waals surface area contributed by atoms with E-state index < -0.39 is 17.9 Å². The van der Waals surface area contributed by atoms with Gasteiger partial charge in [0.15, 0.2) is 0 Å². The number of pyridine rings is 1. The minimum absolute atomic E-state index is 0.0316. The molecule has 0 radical (unpaired) electrons. The van der Waals surface area contributed by atoms with Crippen LogP contribution in [0.25, 0.3) is 16.7 Å². The molecule has 4 aromatic rings. The minimum Gasteiger partial charge on any atom is -0.481 e. The van der Waals surface area contributed by atoms with Crippen molar-refractivity contribution >= 4 is 63.3 Å². The number of benzene rings is 2. The number of amides is 4. The summed E-state index contributed by atoms with van der Waals surface area (Å²) in [5, 5.41) is 11.8. The van der Waals surface area contributed by atoms with E-state index in [2.05, 4.69) is 27.1 Å². The molecule has 0 saturated carbocycles. The number of ketones is 1. The number of fused-ring (bicyclic) bond motifs is 8. The maximum Gasteiger partial charge on any atom is 0.254 e. The summed E-state index contributed by atoms with van der Waals surface area (Å²) in [7, 11) is 4.96. The van der Waals surface area contributed by atoms with Crippen LogP contribution in [0.4, 0.5) is 20.3 Å². The summed E-state index contributed by atoms with van der Waals surface area (Å²) in [6, 6.07) is 10.6. The highest BCUT2D eigenvalue weighted by Crippen LogP contribution is 2.44. The Hall–Kier alpha value is -6.83. The average Bonchev–Trinajstić information content (AvgIpc) is 1.92. The van der Waals surface area contributed by atoms with Gasteiger partial charge in [-0.25, -0.2) is 18.4 Å². The number of piperidine rings is 1. The predicted molar refractivity (Wildman–Crippen MR) is 328 cm³/mol. The standard InChI is InChI=1S/C63H83F2N11O10S/c1-40(42-12-14-45(64)15-13-42)51-39-87-60(69-51)53-11-8-23-75(53)62(81)57(70-59(79)41(2)67-3)43-18-25-73(26-19-43)55(78)21-28-84-30-32-86-34-33-85-31-29-83-27-20-47(77)9-6-24-76-63(82-5)56-44-35-54(58(66)68-37-44)74-22-7-10-52(74)49-36-46(65)16-17-48(49)61(80)72(4)38-50(56)71-76/h12-17,35-37,41,43,51-53,57,67H,1,6-11,18-34,38-39H2,2-5H3,(H2,66,68)(H,70,79)/t41-,51?,52-,53-,57-/m1/s1. The monoisotopic (exact) mass is 1220 g/mol. The Morgan fingerprint density at radius 2 is 1.51 bits per heavy atom. The Bertz CT molecular complexity index is 3110. The Morgan fingerprint density at radius 3 is 2.21 bits per heavy atom. The molecule has 5 aliphatic rings. The molecule has 470 valence electrons. The Morgan fingerprint density at radius 1 is 0.839 bits per heavy atom. The number of aryl methyl sites for hydroxylation is 1. The van der Waals surface area contributed by atoms with Gasteiger partial charge in [-0.2, -0.15) is 5.10 Å². The number of nitrogens with one attached hydrogen (secondary N) is 2. The fourth-order valence-corrected chi connectivity index (χ4v) is 13.4. The number of nitrogen functional groups attached to an aromatic ring is 1. The van der Waals surface area contributed by atoms with E-state index in [1.165, 1.54) is 24.3 Å². The molecule has 2 aromatic heterocycles. The highest BCUT2D eigenvalue weighted by atomic mass is 32.2. The fraction of sp³-hybridized carbons (Fsp3) is 0.556. The van der Waals surface area contributed by atoms with Gasteiger partial charge in [-0.1, -0.05) is 18.7 Å². The van der Waals surface area contributed by atoms with Crippen molar-refractivity contribution in [2.75, 3.05) is 117 Å². The second-order valence-corrected chi connectivity index (χ2v) is 23.8. The van der Waals surface area contributed by atoms with Crippen molar-refractivity contribution in [1.82, 2.24) is 40.1 Å². The topological polar surface area (TPSA) is 238 Å².